The first-order chi connectivity index (χ1) is 7.18. The molecule has 0 saturated heterocycles. The highest BCUT2D eigenvalue weighted by Gasteiger charge is 1.95. The average molecular weight is 225 g/mol. The largest absolute Gasteiger partial charge is 0.370 e. The van der Waals surface area contributed by atoms with Gasteiger partial charge in [0, 0.05) is 13.1 Å². The lowest BCUT2D eigenvalue weighted by atomic mass is 10.2. The second kappa shape index (κ2) is 6.45. The van der Waals surface area contributed by atoms with Crippen molar-refractivity contribution < 1.29 is 0 Å². The van der Waals surface area contributed by atoms with Gasteiger partial charge in [-0.3, -0.25) is 4.99 Å². The van der Waals surface area contributed by atoms with E-state index in [-0.39, 0.29) is 0 Å². The maximum absolute atomic E-state index is 5.70. The van der Waals surface area contributed by atoms with Gasteiger partial charge in [0.05, 0.1) is 0 Å². The van der Waals surface area contributed by atoms with Gasteiger partial charge in [0.2, 0.25) is 0 Å². The molecule has 1 aromatic rings. The summed E-state index contributed by atoms with van der Waals surface area (Å²) in [5.41, 5.74) is 7.05. The van der Waals surface area contributed by atoms with Gasteiger partial charge in [-0.15, -0.1) is 0 Å². The maximum atomic E-state index is 5.70. The van der Waals surface area contributed by atoms with E-state index in [0.717, 1.165) is 19.5 Å². The monoisotopic (exact) mass is 225 g/mol. The van der Waals surface area contributed by atoms with E-state index in [9.17, 15) is 0 Å². The third-order valence-corrected chi connectivity index (χ3v) is 2.66. The predicted molar refractivity (Wildman–Crippen MR) is 67.4 cm³/mol. The number of guanidine groups is 1. The maximum Gasteiger partial charge on any atom is 0.188 e. The molecule has 0 atom stereocenters. The smallest absolute Gasteiger partial charge is 0.188 e. The van der Waals surface area contributed by atoms with E-state index in [1.165, 1.54) is 5.56 Å². The Labute approximate surface area is 95.4 Å². The van der Waals surface area contributed by atoms with Crippen molar-refractivity contribution >= 4 is 17.3 Å². The zero-order chi connectivity index (χ0) is 11.1. The van der Waals surface area contributed by atoms with E-state index in [0.29, 0.717) is 11.9 Å². The Kier molecular flexibility index (Phi) is 5.18. The van der Waals surface area contributed by atoms with Crippen LogP contribution >= 0.6 is 11.3 Å². The molecule has 0 amide bonds. The predicted octanol–water partition coefficient (Wildman–Crippen LogP) is 1.85. The van der Waals surface area contributed by atoms with E-state index in [1.54, 1.807) is 11.3 Å². The van der Waals surface area contributed by atoms with Crippen LogP contribution in [0.5, 0.6) is 0 Å². The Bertz CT molecular complexity index is 291. The SMILES string of the molecule is CC(C)CN=C(N)NCCc1ccsc1. The summed E-state index contributed by atoms with van der Waals surface area (Å²) in [7, 11) is 0. The fourth-order valence-electron chi connectivity index (χ4n) is 1.11. The molecule has 0 aliphatic heterocycles. The number of aliphatic imine (C=N–C) groups is 1. The van der Waals surface area contributed by atoms with E-state index in [4.69, 9.17) is 5.73 Å². The summed E-state index contributed by atoms with van der Waals surface area (Å²) in [6, 6.07) is 2.13. The van der Waals surface area contributed by atoms with Crippen molar-refractivity contribution in [1.29, 1.82) is 0 Å². The summed E-state index contributed by atoms with van der Waals surface area (Å²) in [6.45, 7) is 5.89. The summed E-state index contributed by atoms with van der Waals surface area (Å²) in [4.78, 5) is 4.23. The van der Waals surface area contributed by atoms with Crippen molar-refractivity contribution in [1.82, 2.24) is 5.32 Å². The lowest BCUT2D eigenvalue weighted by molar-refractivity contribution is 0.661. The molecule has 0 bridgehead atoms. The van der Waals surface area contributed by atoms with Gasteiger partial charge >= 0.3 is 0 Å². The minimum Gasteiger partial charge on any atom is -0.370 e. The van der Waals surface area contributed by atoms with Crippen LogP contribution in [0.4, 0.5) is 0 Å². The molecule has 1 heterocycles. The van der Waals surface area contributed by atoms with Gasteiger partial charge in [-0.2, -0.15) is 11.3 Å². The molecular formula is C11H19N3S. The average Bonchev–Trinajstić information content (AvgIpc) is 2.67. The van der Waals surface area contributed by atoms with Crippen molar-refractivity contribution in [2.45, 2.75) is 20.3 Å². The van der Waals surface area contributed by atoms with Gasteiger partial charge in [-0.25, -0.2) is 0 Å². The molecule has 0 unspecified atom stereocenters. The number of rotatable bonds is 5. The van der Waals surface area contributed by atoms with Crippen LogP contribution in [0.3, 0.4) is 0 Å². The van der Waals surface area contributed by atoms with Gasteiger partial charge in [-0.05, 0) is 34.7 Å². The Balaban J connectivity index is 2.17. The first kappa shape index (κ1) is 12.0. The second-order valence-electron chi connectivity index (χ2n) is 3.93. The molecule has 0 radical (unpaired) electrons. The quantitative estimate of drug-likeness (QED) is 0.593. The zero-order valence-corrected chi connectivity index (χ0v) is 10.2. The Morgan fingerprint density at radius 2 is 2.40 bits per heavy atom. The van der Waals surface area contributed by atoms with Gasteiger partial charge in [-0.1, -0.05) is 13.8 Å². The second-order valence-corrected chi connectivity index (χ2v) is 4.71. The highest BCUT2D eigenvalue weighted by atomic mass is 32.1. The van der Waals surface area contributed by atoms with Crippen LogP contribution in [0, 0.1) is 5.92 Å². The van der Waals surface area contributed by atoms with Crippen molar-refractivity contribution in [3.05, 3.63) is 22.4 Å². The molecular weight excluding hydrogens is 206 g/mol. The number of hydrogen-bond acceptors (Lipinski definition) is 2. The van der Waals surface area contributed by atoms with Crippen molar-refractivity contribution in [2.75, 3.05) is 13.1 Å². The molecule has 4 heteroatoms. The fraction of sp³-hybridized carbons (Fsp3) is 0.545. The Hall–Kier alpha value is -1.03. The molecule has 0 aromatic carbocycles. The summed E-state index contributed by atoms with van der Waals surface area (Å²) in [5.74, 6) is 1.11. The first-order valence-electron chi connectivity index (χ1n) is 5.23. The molecule has 1 aromatic heterocycles. The van der Waals surface area contributed by atoms with E-state index < -0.39 is 0 Å². The Morgan fingerprint density at radius 1 is 1.60 bits per heavy atom. The van der Waals surface area contributed by atoms with Crippen LogP contribution in [0.2, 0.25) is 0 Å². The molecule has 84 valence electrons. The summed E-state index contributed by atoms with van der Waals surface area (Å²) < 4.78 is 0. The third kappa shape index (κ3) is 5.42. The van der Waals surface area contributed by atoms with Crippen LogP contribution in [-0.4, -0.2) is 19.0 Å². The van der Waals surface area contributed by atoms with Crippen molar-refractivity contribution in [3.63, 3.8) is 0 Å². The molecule has 0 spiro atoms. The number of hydrogen-bond donors (Lipinski definition) is 2. The van der Waals surface area contributed by atoms with Gasteiger partial charge in [0.15, 0.2) is 5.96 Å². The molecule has 0 aliphatic rings. The third-order valence-electron chi connectivity index (χ3n) is 1.93. The molecule has 1 rings (SSSR count). The summed E-state index contributed by atoms with van der Waals surface area (Å²) >= 11 is 1.72. The summed E-state index contributed by atoms with van der Waals surface area (Å²) in [6.07, 6.45) is 1.00. The molecule has 3 nitrogen and oxygen atoms in total. The van der Waals surface area contributed by atoms with Crippen molar-refractivity contribution in [3.8, 4) is 0 Å². The number of thiophene rings is 1. The van der Waals surface area contributed by atoms with E-state index in [2.05, 4.69) is 41.0 Å². The summed E-state index contributed by atoms with van der Waals surface area (Å²) in [5, 5.41) is 7.35. The molecule has 0 saturated carbocycles. The molecule has 0 fully saturated rings. The number of nitrogens with zero attached hydrogens (tertiary/aromatic N) is 1. The highest BCUT2D eigenvalue weighted by Crippen LogP contribution is 2.05. The van der Waals surface area contributed by atoms with Crippen LogP contribution in [0.15, 0.2) is 21.8 Å². The van der Waals surface area contributed by atoms with Crippen LogP contribution < -0.4 is 11.1 Å². The first-order valence-corrected chi connectivity index (χ1v) is 6.17. The van der Waals surface area contributed by atoms with Gasteiger partial charge in [0.25, 0.3) is 0 Å². The molecule has 0 aliphatic carbocycles. The van der Waals surface area contributed by atoms with Crippen LogP contribution in [0.25, 0.3) is 0 Å². The molecule has 3 N–H and O–H groups in total. The zero-order valence-electron chi connectivity index (χ0n) is 9.36. The van der Waals surface area contributed by atoms with Crippen LogP contribution in [0.1, 0.15) is 19.4 Å². The molecule has 15 heavy (non-hydrogen) atoms. The lowest BCUT2D eigenvalue weighted by Crippen LogP contribution is -2.33. The topological polar surface area (TPSA) is 50.4 Å². The lowest BCUT2D eigenvalue weighted by Gasteiger charge is -2.05. The fourth-order valence-corrected chi connectivity index (χ4v) is 1.81. The van der Waals surface area contributed by atoms with Gasteiger partial charge in [0.1, 0.15) is 0 Å². The van der Waals surface area contributed by atoms with Crippen LogP contribution in [-0.2, 0) is 6.42 Å². The highest BCUT2D eigenvalue weighted by molar-refractivity contribution is 7.07. The van der Waals surface area contributed by atoms with E-state index >= 15 is 0 Å². The number of nitrogens with two attached hydrogens (primary N) is 1. The minimum atomic E-state index is 0.555. The van der Waals surface area contributed by atoms with E-state index in [1.807, 2.05) is 0 Å². The number of nitrogens with one attached hydrogen (secondary N) is 1. The minimum absolute atomic E-state index is 0.555. The standard InChI is InChI=1S/C11H19N3S/c1-9(2)7-14-11(12)13-5-3-10-4-6-15-8-10/h4,6,8-9H,3,5,7H2,1-2H3,(H3,12,13,14). The Morgan fingerprint density at radius 3 is 3.00 bits per heavy atom. The van der Waals surface area contributed by atoms with Crippen molar-refractivity contribution in [2.24, 2.45) is 16.6 Å². The van der Waals surface area contributed by atoms with Gasteiger partial charge < -0.3 is 11.1 Å². The normalized spacial score (nSPS) is 12.1.